The van der Waals surface area contributed by atoms with E-state index in [0.29, 0.717) is 18.3 Å². The van der Waals surface area contributed by atoms with Crippen molar-refractivity contribution in [3.63, 3.8) is 0 Å². The molecule has 0 heterocycles. The topological polar surface area (TPSA) is 74.6 Å². The molecule has 0 aromatic carbocycles. The van der Waals surface area contributed by atoms with Crippen molar-refractivity contribution in [1.82, 2.24) is 0 Å². The maximum atomic E-state index is 12.5. The van der Waals surface area contributed by atoms with Gasteiger partial charge < -0.3 is 10.2 Å². The van der Waals surface area contributed by atoms with Crippen molar-refractivity contribution in [3.8, 4) is 0 Å². The van der Waals surface area contributed by atoms with E-state index in [2.05, 4.69) is 27.7 Å². The Morgan fingerprint density at radius 2 is 1.21 bits per heavy atom. The van der Waals surface area contributed by atoms with Gasteiger partial charge in [0, 0.05) is 0 Å². The summed E-state index contributed by atoms with van der Waals surface area (Å²) in [5, 5.41) is 20.5. The minimum Gasteiger partial charge on any atom is -0.480 e. The van der Waals surface area contributed by atoms with Crippen LogP contribution in [0.1, 0.15) is 118 Å². The van der Waals surface area contributed by atoms with E-state index in [-0.39, 0.29) is 6.42 Å². The summed E-state index contributed by atoms with van der Waals surface area (Å²) in [4.78, 5) is 25.0. The van der Waals surface area contributed by atoms with Gasteiger partial charge in [-0.3, -0.25) is 9.59 Å². The summed E-state index contributed by atoms with van der Waals surface area (Å²) in [6.07, 6.45) is 12.9. The van der Waals surface area contributed by atoms with Crippen LogP contribution in [-0.2, 0) is 9.59 Å². The predicted molar refractivity (Wildman–Crippen MR) is 114 cm³/mol. The molecule has 0 aromatic rings. The fourth-order valence-corrected chi connectivity index (χ4v) is 5.72. The molecule has 0 aliphatic heterocycles. The van der Waals surface area contributed by atoms with Crippen LogP contribution in [0.5, 0.6) is 0 Å². The van der Waals surface area contributed by atoms with E-state index in [1.807, 2.05) is 0 Å². The standard InChI is InChI=1S/C24H44O4/c1-5-9-13-19(7-3)17-23(18-20(8-4)14-10-6-2)15-11-12-16-24(23,21(25)26)22(27)28/h19-20H,5-18H2,1-4H3,(H,25,26)(H,27,28). The molecule has 0 amide bonds. The lowest BCUT2D eigenvalue weighted by molar-refractivity contribution is -0.185. The highest BCUT2D eigenvalue weighted by Gasteiger charge is 2.63. The van der Waals surface area contributed by atoms with E-state index < -0.39 is 22.8 Å². The number of hydrogen-bond donors (Lipinski definition) is 2. The average Bonchev–Trinajstić information content (AvgIpc) is 2.68. The van der Waals surface area contributed by atoms with Crippen LogP contribution in [-0.4, -0.2) is 22.2 Å². The fraction of sp³-hybridized carbons (Fsp3) is 0.917. The number of rotatable bonds is 14. The quantitative estimate of drug-likeness (QED) is 0.313. The Balaban J connectivity index is 3.37. The first-order valence-electron chi connectivity index (χ1n) is 11.8. The molecule has 1 saturated carbocycles. The smallest absolute Gasteiger partial charge is 0.321 e. The molecule has 4 heteroatoms. The maximum Gasteiger partial charge on any atom is 0.321 e. The second-order valence-electron chi connectivity index (χ2n) is 9.24. The fourth-order valence-electron chi connectivity index (χ4n) is 5.72. The highest BCUT2D eigenvalue weighted by Crippen LogP contribution is 2.59. The summed E-state index contributed by atoms with van der Waals surface area (Å²) in [5.74, 6) is -1.37. The Bertz CT molecular complexity index is 453. The molecular formula is C24H44O4. The summed E-state index contributed by atoms with van der Waals surface area (Å²) < 4.78 is 0. The SMILES string of the molecule is CCCCC(CC)CC1(CC(CC)CCCC)CCCCC1(C(=O)O)C(=O)O. The summed E-state index contributed by atoms with van der Waals surface area (Å²) in [5.41, 5.74) is -2.24. The first-order valence-corrected chi connectivity index (χ1v) is 11.8. The second-order valence-corrected chi connectivity index (χ2v) is 9.24. The molecule has 28 heavy (non-hydrogen) atoms. The van der Waals surface area contributed by atoms with Crippen LogP contribution >= 0.6 is 0 Å². The van der Waals surface area contributed by atoms with Crippen molar-refractivity contribution in [2.24, 2.45) is 22.7 Å². The maximum absolute atomic E-state index is 12.5. The third-order valence-electron chi connectivity index (χ3n) is 7.54. The van der Waals surface area contributed by atoms with Gasteiger partial charge in [0.25, 0.3) is 0 Å². The molecule has 4 nitrogen and oxygen atoms in total. The molecule has 2 N–H and O–H groups in total. The van der Waals surface area contributed by atoms with Crippen molar-refractivity contribution in [2.75, 3.05) is 0 Å². The molecule has 1 rings (SSSR count). The van der Waals surface area contributed by atoms with Crippen molar-refractivity contribution in [1.29, 1.82) is 0 Å². The molecule has 0 radical (unpaired) electrons. The van der Waals surface area contributed by atoms with Crippen LogP contribution in [0.3, 0.4) is 0 Å². The van der Waals surface area contributed by atoms with Crippen LogP contribution in [0.25, 0.3) is 0 Å². The van der Waals surface area contributed by atoms with E-state index >= 15 is 0 Å². The first-order chi connectivity index (χ1) is 13.3. The third-order valence-corrected chi connectivity index (χ3v) is 7.54. The van der Waals surface area contributed by atoms with Gasteiger partial charge in [-0.25, -0.2) is 0 Å². The lowest BCUT2D eigenvalue weighted by atomic mass is 9.50. The largest absolute Gasteiger partial charge is 0.480 e. The normalized spacial score (nSPS) is 23.9. The zero-order chi connectivity index (χ0) is 21.2. The van der Waals surface area contributed by atoms with Gasteiger partial charge in [0.2, 0.25) is 0 Å². The van der Waals surface area contributed by atoms with Crippen LogP contribution in [0, 0.1) is 22.7 Å². The Morgan fingerprint density at radius 1 is 0.786 bits per heavy atom. The van der Waals surface area contributed by atoms with Gasteiger partial charge in [-0.2, -0.15) is 0 Å². The second kappa shape index (κ2) is 11.8. The van der Waals surface area contributed by atoms with Gasteiger partial charge in [0.1, 0.15) is 0 Å². The summed E-state index contributed by atoms with van der Waals surface area (Å²) in [6, 6.07) is 0. The molecule has 0 bridgehead atoms. The number of carbonyl (C=O) groups is 2. The number of carboxylic acid groups (broad SMARTS) is 2. The summed E-state index contributed by atoms with van der Waals surface area (Å²) in [7, 11) is 0. The number of aliphatic carboxylic acids is 2. The number of hydrogen-bond acceptors (Lipinski definition) is 2. The minimum absolute atomic E-state index is 0.284. The molecule has 1 aliphatic carbocycles. The van der Waals surface area contributed by atoms with Crippen LogP contribution < -0.4 is 0 Å². The first kappa shape index (κ1) is 25.0. The third kappa shape index (κ3) is 5.51. The van der Waals surface area contributed by atoms with E-state index in [1.165, 1.54) is 0 Å². The zero-order valence-electron chi connectivity index (χ0n) is 18.8. The van der Waals surface area contributed by atoms with Crippen LogP contribution in [0.15, 0.2) is 0 Å². The molecular weight excluding hydrogens is 352 g/mol. The Labute approximate surface area is 172 Å². The van der Waals surface area contributed by atoms with Crippen molar-refractivity contribution in [2.45, 2.75) is 118 Å². The lowest BCUT2D eigenvalue weighted by Crippen LogP contribution is -2.56. The van der Waals surface area contributed by atoms with E-state index in [0.717, 1.165) is 77.0 Å². The molecule has 0 spiro atoms. The van der Waals surface area contributed by atoms with Crippen LogP contribution in [0.2, 0.25) is 0 Å². The zero-order valence-corrected chi connectivity index (χ0v) is 18.8. The molecule has 164 valence electrons. The van der Waals surface area contributed by atoms with Crippen LogP contribution in [0.4, 0.5) is 0 Å². The van der Waals surface area contributed by atoms with Gasteiger partial charge in [-0.05, 0) is 42.9 Å². The van der Waals surface area contributed by atoms with Gasteiger partial charge in [-0.1, -0.05) is 91.9 Å². The number of carboxylic acids is 2. The van der Waals surface area contributed by atoms with Crippen molar-refractivity contribution < 1.29 is 19.8 Å². The number of unbranched alkanes of at least 4 members (excludes halogenated alkanes) is 2. The summed E-state index contributed by atoms with van der Waals surface area (Å²) in [6.45, 7) is 8.71. The minimum atomic E-state index is -1.62. The van der Waals surface area contributed by atoms with Gasteiger partial charge in [0.15, 0.2) is 5.41 Å². The Morgan fingerprint density at radius 3 is 1.57 bits per heavy atom. The highest BCUT2D eigenvalue weighted by molar-refractivity contribution is 5.99. The predicted octanol–water partition coefficient (Wildman–Crippen LogP) is 6.92. The molecule has 2 unspecified atom stereocenters. The Hall–Kier alpha value is -1.06. The van der Waals surface area contributed by atoms with E-state index in [9.17, 15) is 19.8 Å². The molecule has 0 saturated heterocycles. The average molecular weight is 397 g/mol. The van der Waals surface area contributed by atoms with Gasteiger partial charge >= 0.3 is 11.9 Å². The summed E-state index contributed by atoms with van der Waals surface area (Å²) >= 11 is 0. The Kier molecular flexibility index (Phi) is 10.5. The molecule has 2 atom stereocenters. The van der Waals surface area contributed by atoms with Gasteiger partial charge in [-0.15, -0.1) is 0 Å². The van der Waals surface area contributed by atoms with Gasteiger partial charge in [0.05, 0.1) is 0 Å². The highest BCUT2D eigenvalue weighted by atomic mass is 16.4. The van der Waals surface area contributed by atoms with E-state index in [1.54, 1.807) is 0 Å². The molecule has 1 fully saturated rings. The van der Waals surface area contributed by atoms with Crippen molar-refractivity contribution >= 4 is 11.9 Å². The lowest BCUT2D eigenvalue weighted by Gasteiger charge is -2.51. The monoisotopic (exact) mass is 396 g/mol. The molecule has 1 aliphatic rings. The van der Waals surface area contributed by atoms with Crippen molar-refractivity contribution in [3.05, 3.63) is 0 Å². The molecule has 0 aromatic heterocycles. The van der Waals surface area contributed by atoms with E-state index in [4.69, 9.17) is 0 Å².